The Labute approximate surface area is 488 Å². The highest BCUT2D eigenvalue weighted by Gasteiger charge is 2.15. The van der Waals surface area contributed by atoms with Gasteiger partial charge in [0, 0.05) is 346 Å². The van der Waals surface area contributed by atoms with Crippen molar-refractivity contribution in [2.24, 2.45) is 0 Å². The SMILES string of the molecule is Nc1cccc(-c2cc(-n3c4ccccc4c4ccccc43)c3ccccc3c2)c1.S=S=S=S=S=S=S=S=S=S=S=S=S=S=S=S=S=S=S=S=S=S=S=S=S=S=S=S=S=S=S=S=S=S=S=S. The lowest BCUT2D eigenvalue weighted by atomic mass is 9.99. The molecule has 0 aliphatic heterocycles. The molecule has 5 aromatic carbocycles. The van der Waals surface area contributed by atoms with E-state index < -0.39 is 0 Å². The normalized spacial score (nSPS) is 9.39. The van der Waals surface area contributed by atoms with Gasteiger partial charge in [0.2, 0.25) is 0 Å². The van der Waals surface area contributed by atoms with Gasteiger partial charge in [-0.25, -0.2) is 0 Å². The number of benzene rings is 5. The number of hydrogen-bond acceptors (Lipinski definition) is 3. The van der Waals surface area contributed by atoms with Crippen LogP contribution in [0.2, 0.25) is 0 Å². The third kappa shape index (κ3) is 24.3. The molecular weight excluding hydrogens is 1520 g/mol. The number of nitrogens with two attached hydrogens (primary N) is 1. The first kappa shape index (κ1) is 60.7. The third-order valence-corrected chi connectivity index (χ3v) is 80.1. The molecule has 0 radical (unpaired) electrons. The second-order valence-corrected chi connectivity index (χ2v) is 70.2. The van der Waals surface area contributed by atoms with Gasteiger partial charge in [-0.3, -0.25) is 0 Å². The number of hydrogen-bond donors (Lipinski definition) is 1. The number of fused-ring (bicyclic) bond motifs is 4. The van der Waals surface area contributed by atoms with Crippen molar-refractivity contribution in [3.05, 3.63) is 109 Å². The molecule has 1 heterocycles. The number of anilines is 1. The fourth-order valence-corrected chi connectivity index (χ4v) is 92.7. The van der Waals surface area contributed by atoms with Gasteiger partial charge in [0.25, 0.3) is 0 Å². The van der Waals surface area contributed by atoms with E-state index in [4.69, 9.17) is 28.1 Å². The molecule has 2 N–H and O–H groups in total. The van der Waals surface area contributed by atoms with Crippen LogP contribution in [0.5, 0.6) is 0 Å². The van der Waals surface area contributed by atoms with E-state index >= 15 is 0 Å². The fourth-order valence-electron chi connectivity index (χ4n) is 4.91. The minimum atomic E-state index is 0.777. The molecular formula is C28H20N2S36. The van der Waals surface area contributed by atoms with E-state index in [0.29, 0.717) is 0 Å². The maximum absolute atomic E-state index is 6.08. The third-order valence-electron chi connectivity index (χ3n) is 6.80. The van der Waals surface area contributed by atoms with Crippen molar-refractivity contribution >= 4 is 363 Å². The molecule has 358 valence electrons. The maximum Gasteiger partial charge on any atom is 0.0546 e. The van der Waals surface area contributed by atoms with E-state index in [1.165, 1.54) is 56.0 Å². The molecule has 2 nitrogen and oxygen atoms in total. The zero-order valence-electron chi connectivity index (χ0n) is 31.1. The van der Waals surface area contributed by atoms with Crippen molar-refractivity contribution in [3.63, 3.8) is 0 Å². The second-order valence-electron chi connectivity index (χ2n) is 10.0. The van der Waals surface area contributed by atoms with Crippen LogP contribution in [0.1, 0.15) is 0 Å². The van der Waals surface area contributed by atoms with Gasteiger partial charge in [0.05, 0.1) is 16.7 Å². The zero-order valence-corrected chi connectivity index (χ0v) is 60.5. The first-order valence-corrected chi connectivity index (χ1v) is 62.7. The molecule has 0 aliphatic rings. The Hall–Kier alpha value is 3.88. The Kier molecular flexibility index (Phi) is 37.0. The second kappa shape index (κ2) is 40.2. The minimum absolute atomic E-state index is 0.777. The van der Waals surface area contributed by atoms with Gasteiger partial charge in [-0.1, -0.05) is 72.8 Å². The highest BCUT2D eigenvalue weighted by atomic mass is 33.5. The Morgan fingerprint density at radius 1 is 0.303 bits per heavy atom. The van der Waals surface area contributed by atoms with Crippen LogP contribution in [0.4, 0.5) is 5.69 Å². The molecule has 0 amide bonds. The van der Waals surface area contributed by atoms with Crippen LogP contribution in [0, 0.1) is 0 Å². The van der Waals surface area contributed by atoms with Crippen molar-refractivity contribution < 1.29 is 0 Å². The molecule has 66 heavy (non-hydrogen) atoms. The zero-order chi connectivity index (χ0) is 46.1. The van der Waals surface area contributed by atoms with Crippen LogP contribution in [-0.4, -0.2) is 4.57 Å². The van der Waals surface area contributed by atoms with Crippen molar-refractivity contribution in [3.8, 4) is 16.8 Å². The average molecular weight is 1540 g/mol. The van der Waals surface area contributed by atoms with Crippen LogP contribution in [0.3, 0.4) is 0 Å². The molecule has 0 atom stereocenters. The molecule has 0 saturated heterocycles. The quantitative estimate of drug-likeness (QED) is 0.188. The van der Waals surface area contributed by atoms with Crippen LogP contribution in [0.15, 0.2) is 109 Å². The largest absolute Gasteiger partial charge is 0.399 e. The number of para-hydroxylation sites is 2. The fraction of sp³-hybridized carbons (Fsp3) is 0. The Balaban J connectivity index is 0.000000250. The summed E-state index contributed by atoms with van der Waals surface area (Å²) in [6.07, 6.45) is 0. The standard InChI is InChI=1S/C28H20N2.S36/c29-22-10-7-9-19(17-22)21-16-20-8-1-2-11-23(20)28(18-21)30-26-14-5-3-12-24(26)25-13-4-6-15-27(25)30;1-3-5-7-9-11-13-15-17-19-21-23-25-27-29-31-33-35-36-34-32-30-28-26-24-22-20-18-16-14-12-10-8-6-4-2/h1-18H,29H2;. The van der Waals surface area contributed by atoms with E-state index in [0.717, 1.165) is 16.8 Å². The lowest BCUT2D eigenvalue weighted by molar-refractivity contribution is 1.20. The molecule has 0 spiro atoms. The minimum Gasteiger partial charge on any atom is -0.399 e. The summed E-state index contributed by atoms with van der Waals surface area (Å²) < 4.78 is 2.39. The van der Waals surface area contributed by atoms with Crippen molar-refractivity contribution in [2.75, 3.05) is 5.73 Å². The van der Waals surface area contributed by atoms with Crippen LogP contribution < -0.4 is 5.73 Å². The topological polar surface area (TPSA) is 30.9 Å². The van der Waals surface area contributed by atoms with Crippen LogP contribution in [-0.2, 0) is 324 Å². The van der Waals surface area contributed by atoms with Gasteiger partial charge in [-0.2, -0.15) is 0 Å². The predicted molar refractivity (Wildman–Crippen MR) is 393 cm³/mol. The summed E-state index contributed by atoms with van der Waals surface area (Å²) in [6.45, 7) is 0. The van der Waals surface area contributed by atoms with Crippen LogP contribution >= 0.6 is 0 Å². The first-order chi connectivity index (χ1) is 32.7. The molecule has 38 heteroatoms. The Morgan fingerprint density at radius 2 is 0.636 bits per heavy atom. The monoisotopic (exact) mass is 1540 g/mol. The molecule has 0 fully saturated rings. The van der Waals surface area contributed by atoms with E-state index in [1.54, 1.807) is 107 Å². The van der Waals surface area contributed by atoms with Gasteiger partial charge in [0.15, 0.2) is 0 Å². The average Bonchev–Trinajstić information content (AvgIpc) is 3.68. The van der Waals surface area contributed by atoms with Crippen molar-refractivity contribution in [2.45, 2.75) is 0 Å². The summed E-state index contributed by atoms with van der Waals surface area (Å²) in [4.78, 5) is 0. The summed E-state index contributed by atoms with van der Waals surface area (Å²) >= 11 is 9.59. The summed E-state index contributed by atoms with van der Waals surface area (Å²) in [6, 6.07) is 38.5. The van der Waals surface area contributed by atoms with Gasteiger partial charge in [-0.15, -0.1) is 0 Å². The van der Waals surface area contributed by atoms with E-state index in [-0.39, 0.29) is 0 Å². The molecule has 0 saturated carbocycles. The summed E-state index contributed by atoms with van der Waals surface area (Å²) in [7, 11) is 60.1. The van der Waals surface area contributed by atoms with E-state index in [2.05, 4.69) is 95.6 Å². The highest BCUT2D eigenvalue weighted by molar-refractivity contribution is 8.80. The van der Waals surface area contributed by atoms with Gasteiger partial charge in [-0.05, 0) is 52.9 Å². The Morgan fingerprint density at radius 3 is 1.00 bits per heavy atom. The van der Waals surface area contributed by atoms with E-state index in [1.807, 2.05) is 196 Å². The first-order valence-electron chi connectivity index (χ1n) is 16.0. The van der Waals surface area contributed by atoms with E-state index in [9.17, 15) is 0 Å². The summed E-state index contributed by atoms with van der Waals surface area (Å²) in [5.41, 5.74) is 12.8. The molecule has 0 aliphatic carbocycles. The van der Waals surface area contributed by atoms with Crippen molar-refractivity contribution in [1.82, 2.24) is 4.57 Å². The smallest absolute Gasteiger partial charge is 0.0546 e. The molecule has 6 aromatic rings. The molecule has 0 bridgehead atoms. The number of rotatable bonds is 2. The van der Waals surface area contributed by atoms with Crippen LogP contribution in [0.25, 0.3) is 49.4 Å². The lowest BCUT2D eigenvalue weighted by Crippen LogP contribution is -1.96. The van der Waals surface area contributed by atoms with Gasteiger partial charge >= 0.3 is 0 Å². The maximum atomic E-state index is 6.08. The lowest BCUT2D eigenvalue weighted by Gasteiger charge is -2.14. The van der Waals surface area contributed by atoms with Crippen molar-refractivity contribution in [1.29, 1.82) is 0 Å². The Bertz CT molecular complexity index is 4230. The number of nitrogens with zero attached hydrogens (tertiary/aromatic N) is 1. The molecule has 1 aromatic heterocycles. The summed E-state index contributed by atoms with van der Waals surface area (Å²) in [5.74, 6) is 0. The number of aromatic nitrogens is 1. The molecule has 0 unspecified atom stereocenters. The van der Waals surface area contributed by atoms with Gasteiger partial charge in [0.1, 0.15) is 0 Å². The summed E-state index contributed by atoms with van der Waals surface area (Å²) in [5, 5.41) is 4.99. The number of nitrogen functional groups attached to an aromatic ring is 1. The van der Waals surface area contributed by atoms with Gasteiger partial charge < -0.3 is 10.3 Å². The highest BCUT2D eigenvalue weighted by Crippen LogP contribution is 2.37. The predicted octanol–water partition coefficient (Wildman–Crippen LogP) is 7.10. The molecule has 6 rings (SSSR count).